The van der Waals surface area contributed by atoms with Crippen molar-refractivity contribution >= 4 is 11.3 Å². The maximum Gasteiger partial charge on any atom is 0.123 e. The zero-order valence-corrected chi connectivity index (χ0v) is 13.0. The molecule has 2 heterocycles. The third-order valence-electron chi connectivity index (χ3n) is 3.93. The second kappa shape index (κ2) is 6.64. The highest BCUT2D eigenvalue weighted by atomic mass is 32.1. The van der Waals surface area contributed by atoms with Crippen LogP contribution in [0.5, 0.6) is 0 Å². The van der Waals surface area contributed by atoms with Crippen molar-refractivity contribution in [2.75, 3.05) is 20.1 Å². The van der Waals surface area contributed by atoms with E-state index in [0.29, 0.717) is 6.04 Å². The summed E-state index contributed by atoms with van der Waals surface area (Å²) >= 11 is 1.61. The normalized spacial score (nSPS) is 17.2. The van der Waals surface area contributed by atoms with Crippen molar-refractivity contribution in [3.05, 3.63) is 41.2 Å². The van der Waals surface area contributed by atoms with Crippen molar-refractivity contribution in [1.82, 2.24) is 15.2 Å². The van der Waals surface area contributed by atoms with Crippen LogP contribution in [0.4, 0.5) is 4.39 Å². The molecular formula is C16H20FN3S. The summed E-state index contributed by atoms with van der Waals surface area (Å²) in [5.41, 5.74) is 2.05. The Morgan fingerprint density at radius 1 is 1.29 bits per heavy atom. The summed E-state index contributed by atoms with van der Waals surface area (Å²) < 4.78 is 12.9. The van der Waals surface area contributed by atoms with Crippen molar-refractivity contribution in [1.29, 1.82) is 0 Å². The largest absolute Gasteiger partial charge is 0.308 e. The predicted molar refractivity (Wildman–Crippen MR) is 84.9 cm³/mol. The van der Waals surface area contributed by atoms with E-state index in [2.05, 4.69) is 27.6 Å². The van der Waals surface area contributed by atoms with E-state index in [0.717, 1.165) is 35.9 Å². The zero-order chi connectivity index (χ0) is 14.7. The molecule has 0 atom stereocenters. The van der Waals surface area contributed by atoms with Gasteiger partial charge in [-0.25, -0.2) is 9.37 Å². The van der Waals surface area contributed by atoms with E-state index >= 15 is 0 Å². The fourth-order valence-corrected chi connectivity index (χ4v) is 3.40. The van der Waals surface area contributed by atoms with Gasteiger partial charge in [-0.05, 0) is 57.2 Å². The number of nitrogens with one attached hydrogen (secondary N) is 1. The van der Waals surface area contributed by atoms with Gasteiger partial charge in [0.25, 0.3) is 0 Å². The van der Waals surface area contributed by atoms with Gasteiger partial charge < -0.3 is 10.2 Å². The molecule has 3 nitrogen and oxygen atoms in total. The van der Waals surface area contributed by atoms with E-state index in [4.69, 9.17) is 0 Å². The molecule has 112 valence electrons. The van der Waals surface area contributed by atoms with Crippen LogP contribution in [0.15, 0.2) is 29.6 Å². The predicted octanol–water partition coefficient (Wildman–Crippen LogP) is 3.13. The number of piperidine rings is 1. The maximum absolute atomic E-state index is 12.9. The Balaban J connectivity index is 1.56. The molecule has 0 spiro atoms. The number of aromatic nitrogens is 1. The first kappa shape index (κ1) is 14.6. The quantitative estimate of drug-likeness (QED) is 0.940. The van der Waals surface area contributed by atoms with Gasteiger partial charge in [-0.15, -0.1) is 11.3 Å². The number of hydrogen-bond donors (Lipinski definition) is 1. The van der Waals surface area contributed by atoms with Gasteiger partial charge in [0, 0.05) is 23.5 Å². The van der Waals surface area contributed by atoms with Gasteiger partial charge in [0.2, 0.25) is 0 Å². The molecule has 0 saturated carbocycles. The Morgan fingerprint density at radius 3 is 2.71 bits per heavy atom. The highest BCUT2D eigenvalue weighted by Crippen LogP contribution is 2.24. The maximum atomic E-state index is 12.9. The molecule has 1 fully saturated rings. The summed E-state index contributed by atoms with van der Waals surface area (Å²) in [7, 11) is 2.17. The number of halogens is 1. The molecule has 21 heavy (non-hydrogen) atoms. The highest BCUT2D eigenvalue weighted by Gasteiger charge is 2.16. The first-order valence-electron chi connectivity index (χ1n) is 7.33. The lowest BCUT2D eigenvalue weighted by molar-refractivity contribution is 0.234. The lowest BCUT2D eigenvalue weighted by atomic mass is 10.1. The van der Waals surface area contributed by atoms with Crippen molar-refractivity contribution in [3.63, 3.8) is 0 Å². The van der Waals surface area contributed by atoms with Gasteiger partial charge in [-0.3, -0.25) is 0 Å². The number of rotatable bonds is 4. The summed E-state index contributed by atoms with van der Waals surface area (Å²) in [4.78, 5) is 7.00. The molecule has 1 aromatic carbocycles. The van der Waals surface area contributed by atoms with Crippen molar-refractivity contribution in [2.45, 2.75) is 25.4 Å². The molecule has 2 aromatic rings. The average molecular weight is 305 g/mol. The number of benzene rings is 1. The minimum Gasteiger partial charge on any atom is -0.308 e. The van der Waals surface area contributed by atoms with E-state index in [9.17, 15) is 4.39 Å². The van der Waals surface area contributed by atoms with Crippen LogP contribution >= 0.6 is 11.3 Å². The first-order valence-corrected chi connectivity index (χ1v) is 8.21. The van der Waals surface area contributed by atoms with Crippen molar-refractivity contribution < 1.29 is 4.39 Å². The smallest absolute Gasteiger partial charge is 0.123 e. The number of hydrogen-bond acceptors (Lipinski definition) is 4. The van der Waals surface area contributed by atoms with Crippen molar-refractivity contribution in [3.8, 4) is 10.6 Å². The van der Waals surface area contributed by atoms with Gasteiger partial charge in [0.05, 0.1) is 5.69 Å². The third kappa shape index (κ3) is 3.87. The van der Waals surface area contributed by atoms with Crippen LogP contribution in [0.25, 0.3) is 10.6 Å². The summed E-state index contributed by atoms with van der Waals surface area (Å²) in [5.74, 6) is -0.209. The standard InChI is InChI=1S/C16H20FN3S/c1-20-8-6-14(7-9-20)18-10-15-11-21-16(19-15)12-2-4-13(17)5-3-12/h2-5,11,14,18H,6-10H2,1H3. The molecule has 1 aliphatic rings. The Kier molecular flexibility index (Phi) is 4.63. The fraction of sp³-hybridized carbons (Fsp3) is 0.438. The highest BCUT2D eigenvalue weighted by molar-refractivity contribution is 7.13. The zero-order valence-electron chi connectivity index (χ0n) is 12.2. The Labute approximate surface area is 128 Å². The molecular weight excluding hydrogens is 285 g/mol. The Morgan fingerprint density at radius 2 is 2.00 bits per heavy atom. The monoisotopic (exact) mass is 305 g/mol. The number of nitrogens with zero attached hydrogens (tertiary/aromatic N) is 2. The summed E-state index contributed by atoms with van der Waals surface area (Å²) in [6.45, 7) is 3.14. The molecule has 5 heteroatoms. The van der Waals surface area contributed by atoms with E-state index in [-0.39, 0.29) is 5.82 Å². The molecule has 1 N–H and O–H groups in total. The molecule has 0 radical (unpaired) electrons. The van der Waals surface area contributed by atoms with Crippen LogP contribution in [0.1, 0.15) is 18.5 Å². The van der Waals surface area contributed by atoms with Crippen LogP contribution in [-0.2, 0) is 6.54 Å². The first-order chi connectivity index (χ1) is 10.2. The van der Waals surface area contributed by atoms with E-state index in [1.54, 1.807) is 23.5 Å². The molecule has 0 unspecified atom stereocenters. The fourth-order valence-electron chi connectivity index (χ4n) is 2.57. The van der Waals surface area contributed by atoms with Crippen LogP contribution in [0.2, 0.25) is 0 Å². The second-order valence-corrected chi connectivity index (χ2v) is 6.47. The molecule has 1 saturated heterocycles. The SMILES string of the molecule is CN1CCC(NCc2csc(-c3ccc(F)cc3)n2)CC1. The minimum atomic E-state index is -0.209. The van der Waals surface area contributed by atoms with Gasteiger partial charge in [0.15, 0.2) is 0 Å². The molecule has 0 bridgehead atoms. The lowest BCUT2D eigenvalue weighted by Gasteiger charge is -2.29. The molecule has 0 aliphatic carbocycles. The summed E-state index contributed by atoms with van der Waals surface area (Å²) in [5, 5.41) is 6.63. The molecule has 1 aliphatic heterocycles. The van der Waals surface area contributed by atoms with Gasteiger partial charge in [0.1, 0.15) is 10.8 Å². The van der Waals surface area contributed by atoms with Gasteiger partial charge in [-0.2, -0.15) is 0 Å². The van der Waals surface area contributed by atoms with Crippen LogP contribution in [-0.4, -0.2) is 36.1 Å². The third-order valence-corrected chi connectivity index (χ3v) is 4.87. The van der Waals surface area contributed by atoms with Gasteiger partial charge in [-0.1, -0.05) is 0 Å². The Bertz CT molecular complexity index is 573. The van der Waals surface area contributed by atoms with Crippen molar-refractivity contribution in [2.24, 2.45) is 0 Å². The lowest BCUT2D eigenvalue weighted by Crippen LogP contribution is -2.40. The molecule has 1 aromatic heterocycles. The number of likely N-dealkylation sites (tertiary alicyclic amines) is 1. The van der Waals surface area contributed by atoms with Crippen LogP contribution < -0.4 is 5.32 Å². The Hall–Kier alpha value is -1.30. The molecule has 3 rings (SSSR count). The van der Waals surface area contributed by atoms with Crippen LogP contribution in [0.3, 0.4) is 0 Å². The van der Waals surface area contributed by atoms with E-state index in [1.807, 2.05) is 0 Å². The summed E-state index contributed by atoms with van der Waals surface area (Å²) in [6, 6.07) is 7.11. The van der Waals surface area contributed by atoms with Gasteiger partial charge >= 0.3 is 0 Å². The summed E-state index contributed by atoms with van der Waals surface area (Å²) in [6.07, 6.45) is 2.40. The second-order valence-electron chi connectivity index (χ2n) is 5.61. The average Bonchev–Trinajstić information content (AvgIpc) is 2.96. The number of thiazole rings is 1. The van der Waals surface area contributed by atoms with Crippen LogP contribution in [0, 0.1) is 5.82 Å². The van der Waals surface area contributed by atoms with E-state index in [1.165, 1.54) is 25.0 Å². The topological polar surface area (TPSA) is 28.2 Å². The molecule has 0 amide bonds. The van der Waals surface area contributed by atoms with E-state index < -0.39 is 0 Å². The minimum absolute atomic E-state index is 0.209.